The number of aliphatic hydroxyl groups is 1. The first kappa shape index (κ1) is 13.9. The Morgan fingerprint density at radius 2 is 2.16 bits per heavy atom. The molecule has 1 aliphatic carbocycles. The van der Waals surface area contributed by atoms with Crippen LogP contribution in [0.4, 0.5) is 15.8 Å². The van der Waals surface area contributed by atoms with E-state index in [0.29, 0.717) is 11.4 Å². The molecule has 0 aromatic heterocycles. The van der Waals surface area contributed by atoms with Crippen molar-refractivity contribution >= 4 is 11.4 Å². The van der Waals surface area contributed by atoms with Crippen molar-refractivity contribution in [3.05, 3.63) is 17.9 Å². The van der Waals surface area contributed by atoms with Gasteiger partial charge in [-0.25, -0.2) is 4.39 Å². The van der Waals surface area contributed by atoms with Crippen molar-refractivity contribution in [1.29, 1.82) is 0 Å². The molecule has 4 N–H and O–H groups in total. The van der Waals surface area contributed by atoms with Gasteiger partial charge in [0.05, 0.1) is 29.6 Å². The SMILES string of the molecule is CC(C)Oc1cc(NC2(CO)CCC2)c(N)cc1F. The second-order valence-electron chi connectivity index (χ2n) is 5.45. The molecular formula is C14H21FN2O2. The van der Waals surface area contributed by atoms with Crippen LogP contribution in [0.15, 0.2) is 12.1 Å². The van der Waals surface area contributed by atoms with E-state index in [-0.39, 0.29) is 24.0 Å². The van der Waals surface area contributed by atoms with Crippen molar-refractivity contribution in [3.63, 3.8) is 0 Å². The van der Waals surface area contributed by atoms with Gasteiger partial charge in [0.2, 0.25) is 0 Å². The molecule has 1 saturated carbocycles. The van der Waals surface area contributed by atoms with Crippen LogP contribution in [-0.2, 0) is 0 Å². The molecule has 5 heteroatoms. The number of hydrogen-bond acceptors (Lipinski definition) is 4. The van der Waals surface area contributed by atoms with Gasteiger partial charge in [-0.2, -0.15) is 0 Å². The van der Waals surface area contributed by atoms with E-state index in [1.54, 1.807) is 6.07 Å². The second kappa shape index (κ2) is 5.25. The molecule has 0 unspecified atom stereocenters. The van der Waals surface area contributed by atoms with Crippen LogP contribution >= 0.6 is 0 Å². The van der Waals surface area contributed by atoms with Gasteiger partial charge in [0.1, 0.15) is 0 Å². The van der Waals surface area contributed by atoms with Crippen molar-refractivity contribution in [2.24, 2.45) is 0 Å². The molecule has 0 amide bonds. The fourth-order valence-electron chi connectivity index (χ4n) is 2.23. The zero-order valence-corrected chi connectivity index (χ0v) is 11.4. The highest BCUT2D eigenvalue weighted by Gasteiger charge is 2.36. The lowest BCUT2D eigenvalue weighted by molar-refractivity contribution is 0.144. The van der Waals surface area contributed by atoms with E-state index >= 15 is 0 Å². The summed E-state index contributed by atoms with van der Waals surface area (Å²) in [4.78, 5) is 0. The average Bonchev–Trinajstić information content (AvgIpc) is 2.28. The molecule has 1 aromatic rings. The summed E-state index contributed by atoms with van der Waals surface area (Å²) in [5.41, 5.74) is 6.45. The van der Waals surface area contributed by atoms with Crippen molar-refractivity contribution in [2.45, 2.75) is 44.8 Å². The van der Waals surface area contributed by atoms with Crippen LogP contribution in [0.5, 0.6) is 5.75 Å². The van der Waals surface area contributed by atoms with Crippen molar-refractivity contribution < 1.29 is 14.2 Å². The van der Waals surface area contributed by atoms with Gasteiger partial charge in [0, 0.05) is 12.1 Å². The van der Waals surface area contributed by atoms with Crippen LogP contribution in [0, 0.1) is 5.82 Å². The number of rotatable bonds is 5. The first-order valence-corrected chi connectivity index (χ1v) is 6.60. The fraction of sp³-hybridized carbons (Fsp3) is 0.571. The summed E-state index contributed by atoms with van der Waals surface area (Å²) in [5.74, 6) is -0.289. The smallest absolute Gasteiger partial charge is 0.167 e. The Labute approximate surface area is 112 Å². The molecule has 0 radical (unpaired) electrons. The molecule has 0 spiro atoms. The third-order valence-electron chi connectivity index (χ3n) is 3.48. The summed E-state index contributed by atoms with van der Waals surface area (Å²) in [7, 11) is 0. The first-order chi connectivity index (χ1) is 8.96. The third-order valence-corrected chi connectivity index (χ3v) is 3.48. The lowest BCUT2D eigenvalue weighted by Crippen LogP contribution is -2.48. The minimum Gasteiger partial charge on any atom is -0.488 e. The van der Waals surface area contributed by atoms with Crippen LogP contribution in [0.3, 0.4) is 0 Å². The van der Waals surface area contributed by atoms with Gasteiger partial charge in [0.25, 0.3) is 0 Å². The maximum Gasteiger partial charge on any atom is 0.167 e. The predicted octanol–water partition coefficient (Wildman–Crippen LogP) is 2.52. The van der Waals surface area contributed by atoms with Crippen molar-refractivity contribution in [1.82, 2.24) is 0 Å². The zero-order chi connectivity index (χ0) is 14.0. The molecule has 4 nitrogen and oxygen atoms in total. The van der Waals surface area contributed by atoms with Gasteiger partial charge >= 0.3 is 0 Å². The van der Waals surface area contributed by atoms with Crippen LogP contribution in [0.1, 0.15) is 33.1 Å². The van der Waals surface area contributed by atoms with Gasteiger partial charge in [-0.05, 0) is 33.1 Å². The first-order valence-electron chi connectivity index (χ1n) is 6.60. The standard InChI is InChI=1S/C14H21FN2O2/c1-9(2)19-13-7-12(11(16)6-10(13)15)17-14(8-18)4-3-5-14/h6-7,9,17-18H,3-5,8,16H2,1-2H3. The van der Waals surface area contributed by atoms with Crippen molar-refractivity contribution in [2.75, 3.05) is 17.7 Å². The summed E-state index contributed by atoms with van der Waals surface area (Å²) in [6.07, 6.45) is 2.74. The average molecular weight is 268 g/mol. The molecule has 0 bridgehead atoms. The Hall–Kier alpha value is -1.49. The number of hydrogen-bond donors (Lipinski definition) is 3. The highest BCUT2D eigenvalue weighted by molar-refractivity contribution is 5.69. The van der Waals surface area contributed by atoms with E-state index < -0.39 is 5.82 Å². The number of benzene rings is 1. The molecule has 0 heterocycles. The summed E-state index contributed by atoms with van der Waals surface area (Å²) in [6, 6.07) is 2.82. The monoisotopic (exact) mass is 268 g/mol. The van der Waals surface area contributed by atoms with Gasteiger partial charge in [-0.15, -0.1) is 0 Å². The topological polar surface area (TPSA) is 67.5 Å². The van der Waals surface area contributed by atoms with Gasteiger partial charge in [-0.3, -0.25) is 0 Å². The lowest BCUT2D eigenvalue weighted by Gasteiger charge is -2.42. The van der Waals surface area contributed by atoms with E-state index in [4.69, 9.17) is 10.5 Å². The second-order valence-corrected chi connectivity index (χ2v) is 5.45. The molecule has 0 saturated heterocycles. The van der Waals surface area contributed by atoms with E-state index in [2.05, 4.69) is 5.32 Å². The number of anilines is 2. The zero-order valence-electron chi connectivity index (χ0n) is 11.4. The van der Waals surface area contributed by atoms with E-state index in [1.807, 2.05) is 13.8 Å². The Balaban J connectivity index is 2.24. The normalized spacial score (nSPS) is 17.1. The van der Waals surface area contributed by atoms with Crippen LogP contribution in [0.2, 0.25) is 0 Å². The van der Waals surface area contributed by atoms with E-state index in [1.165, 1.54) is 6.07 Å². The largest absolute Gasteiger partial charge is 0.488 e. The Morgan fingerprint density at radius 1 is 1.47 bits per heavy atom. The Bertz CT molecular complexity index is 453. The molecule has 106 valence electrons. The predicted molar refractivity (Wildman–Crippen MR) is 73.9 cm³/mol. The number of nitrogens with one attached hydrogen (secondary N) is 1. The third kappa shape index (κ3) is 2.92. The Kier molecular flexibility index (Phi) is 3.85. The number of nitrogen functional groups attached to an aromatic ring is 1. The molecule has 0 aliphatic heterocycles. The maximum absolute atomic E-state index is 13.7. The Morgan fingerprint density at radius 3 is 2.63 bits per heavy atom. The quantitative estimate of drug-likeness (QED) is 0.718. The number of aliphatic hydroxyl groups excluding tert-OH is 1. The van der Waals surface area contributed by atoms with Gasteiger partial charge < -0.3 is 20.9 Å². The van der Waals surface area contributed by atoms with Crippen molar-refractivity contribution in [3.8, 4) is 5.75 Å². The lowest BCUT2D eigenvalue weighted by atomic mass is 9.77. The summed E-state index contributed by atoms with van der Waals surface area (Å²) in [5, 5.41) is 12.7. The highest BCUT2D eigenvalue weighted by Crippen LogP contribution is 2.38. The maximum atomic E-state index is 13.7. The van der Waals surface area contributed by atoms with Crippen LogP contribution < -0.4 is 15.8 Å². The number of halogens is 1. The van der Waals surface area contributed by atoms with Gasteiger partial charge in [0.15, 0.2) is 11.6 Å². The number of ether oxygens (including phenoxy) is 1. The van der Waals surface area contributed by atoms with Crippen LogP contribution in [0.25, 0.3) is 0 Å². The van der Waals surface area contributed by atoms with E-state index in [0.717, 1.165) is 19.3 Å². The minimum absolute atomic E-state index is 0.0458. The summed E-state index contributed by atoms with van der Waals surface area (Å²) < 4.78 is 19.1. The molecule has 1 fully saturated rings. The van der Waals surface area contributed by atoms with E-state index in [9.17, 15) is 9.50 Å². The van der Waals surface area contributed by atoms with Gasteiger partial charge in [-0.1, -0.05) is 0 Å². The minimum atomic E-state index is -0.469. The highest BCUT2D eigenvalue weighted by atomic mass is 19.1. The number of nitrogens with two attached hydrogens (primary N) is 1. The summed E-state index contributed by atoms with van der Waals surface area (Å²) >= 11 is 0. The molecule has 2 rings (SSSR count). The molecule has 0 atom stereocenters. The molecule has 1 aromatic carbocycles. The fourth-order valence-corrected chi connectivity index (χ4v) is 2.23. The van der Waals surface area contributed by atoms with Crippen LogP contribution in [-0.4, -0.2) is 23.4 Å². The molecule has 19 heavy (non-hydrogen) atoms. The molecular weight excluding hydrogens is 247 g/mol. The molecule has 1 aliphatic rings. The summed E-state index contributed by atoms with van der Waals surface area (Å²) in [6.45, 7) is 3.72.